The van der Waals surface area contributed by atoms with Crippen molar-refractivity contribution in [1.82, 2.24) is 0 Å². The lowest BCUT2D eigenvalue weighted by atomic mass is 10.2. The van der Waals surface area contributed by atoms with Crippen molar-refractivity contribution in [3.8, 4) is 0 Å². The highest BCUT2D eigenvalue weighted by Crippen LogP contribution is 2.12. The van der Waals surface area contributed by atoms with Gasteiger partial charge in [0.2, 0.25) is 0 Å². The fourth-order valence-electron chi connectivity index (χ4n) is 0.932. The summed E-state index contributed by atoms with van der Waals surface area (Å²) in [5.41, 5.74) is 0. The quantitative estimate of drug-likeness (QED) is 0.504. The molecule has 0 heterocycles. The van der Waals surface area contributed by atoms with E-state index in [1.807, 2.05) is 13.8 Å². The Labute approximate surface area is 91.7 Å². The van der Waals surface area contributed by atoms with Gasteiger partial charge in [-0.3, -0.25) is 0 Å². The number of alkyl halides is 1. The standard InChI is InChI=1S/C9H19ClO3S/c1-8(2)9(3)14(11,12)7-6-13-5-4-10/h8-9H,4-7H2,1-3H3. The van der Waals surface area contributed by atoms with E-state index in [0.29, 0.717) is 12.5 Å². The molecule has 0 fully saturated rings. The molecule has 0 N–H and O–H groups in total. The second-order valence-corrected chi connectivity index (χ2v) is 6.47. The zero-order valence-electron chi connectivity index (χ0n) is 8.99. The molecule has 1 unspecified atom stereocenters. The van der Waals surface area contributed by atoms with E-state index in [2.05, 4.69) is 0 Å². The smallest absolute Gasteiger partial charge is 0.155 e. The molecule has 0 spiro atoms. The second-order valence-electron chi connectivity index (χ2n) is 3.62. The van der Waals surface area contributed by atoms with Crippen molar-refractivity contribution in [2.75, 3.05) is 24.8 Å². The molecule has 0 saturated heterocycles. The van der Waals surface area contributed by atoms with Crippen LogP contribution in [0.25, 0.3) is 0 Å². The van der Waals surface area contributed by atoms with Crippen LogP contribution in [-0.4, -0.2) is 38.5 Å². The monoisotopic (exact) mass is 242 g/mol. The lowest BCUT2D eigenvalue weighted by Gasteiger charge is -2.16. The zero-order valence-corrected chi connectivity index (χ0v) is 10.6. The van der Waals surface area contributed by atoms with Crippen LogP contribution in [0.5, 0.6) is 0 Å². The Balaban J connectivity index is 3.96. The third kappa shape index (κ3) is 5.17. The molecule has 0 aliphatic carbocycles. The lowest BCUT2D eigenvalue weighted by molar-refractivity contribution is 0.165. The van der Waals surface area contributed by atoms with Gasteiger partial charge in [0.05, 0.1) is 24.2 Å². The first-order valence-electron chi connectivity index (χ1n) is 4.77. The number of hydrogen-bond donors (Lipinski definition) is 0. The summed E-state index contributed by atoms with van der Waals surface area (Å²) < 4.78 is 28.3. The Bertz CT molecular complexity index is 236. The average Bonchev–Trinajstić information content (AvgIpc) is 2.11. The summed E-state index contributed by atoms with van der Waals surface area (Å²) in [5, 5.41) is -0.304. The van der Waals surface area contributed by atoms with Crippen LogP contribution in [0.2, 0.25) is 0 Å². The Morgan fingerprint density at radius 2 is 1.79 bits per heavy atom. The minimum atomic E-state index is -3.01. The maximum absolute atomic E-state index is 11.6. The topological polar surface area (TPSA) is 43.4 Å². The van der Waals surface area contributed by atoms with Crippen LogP contribution in [0.3, 0.4) is 0 Å². The van der Waals surface area contributed by atoms with Gasteiger partial charge in [-0.15, -0.1) is 11.6 Å². The molecule has 0 saturated carbocycles. The molecule has 0 aromatic heterocycles. The first-order valence-corrected chi connectivity index (χ1v) is 7.02. The van der Waals surface area contributed by atoms with E-state index in [-0.39, 0.29) is 23.5 Å². The fourth-order valence-corrected chi connectivity index (χ4v) is 2.59. The van der Waals surface area contributed by atoms with Gasteiger partial charge in [-0.05, 0) is 12.8 Å². The van der Waals surface area contributed by atoms with E-state index in [1.165, 1.54) is 0 Å². The molecule has 0 aliphatic heterocycles. The molecule has 86 valence electrons. The number of ether oxygens (including phenoxy) is 1. The van der Waals surface area contributed by atoms with Crippen molar-refractivity contribution in [3.05, 3.63) is 0 Å². The van der Waals surface area contributed by atoms with Gasteiger partial charge in [0.25, 0.3) is 0 Å². The van der Waals surface area contributed by atoms with Crippen LogP contribution in [-0.2, 0) is 14.6 Å². The normalized spacial score (nSPS) is 14.6. The van der Waals surface area contributed by atoms with Gasteiger partial charge < -0.3 is 4.74 Å². The Hall–Kier alpha value is 0.200. The van der Waals surface area contributed by atoms with Crippen LogP contribution in [0.15, 0.2) is 0 Å². The van der Waals surface area contributed by atoms with E-state index in [1.54, 1.807) is 6.92 Å². The summed E-state index contributed by atoms with van der Waals surface area (Å²) in [6, 6.07) is 0. The van der Waals surface area contributed by atoms with Gasteiger partial charge in [-0.25, -0.2) is 8.42 Å². The summed E-state index contributed by atoms with van der Waals surface area (Å²) >= 11 is 5.39. The van der Waals surface area contributed by atoms with Crippen molar-refractivity contribution in [2.24, 2.45) is 5.92 Å². The highest BCUT2D eigenvalue weighted by Gasteiger charge is 2.23. The average molecular weight is 243 g/mol. The first-order chi connectivity index (χ1) is 6.41. The fraction of sp³-hybridized carbons (Fsp3) is 1.00. The minimum absolute atomic E-state index is 0.0865. The Kier molecular flexibility index (Phi) is 6.74. The first kappa shape index (κ1) is 14.2. The molecule has 5 heteroatoms. The molecule has 1 atom stereocenters. The largest absolute Gasteiger partial charge is 0.379 e. The van der Waals surface area contributed by atoms with Crippen LogP contribution in [0.4, 0.5) is 0 Å². The third-order valence-corrected chi connectivity index (χ3v) is 4.81. The molecule has 0 rings (SSSR count). The van der Waals surface area contributed by atoms with E-state index < -0.39 is 9.84 Å². The van der Waals surface area contributed by atoms with Gasteiger partial charge in [0, 0.05) is 5.88 Å². The molecule has 0 amide bonds. The predicted molar refractivity (Wildman–Crippen MR) is 59.6 cm³/mol. The third-order valence-electron chi connectivity index (χ3n) is 2.24. The molecule has 0 radical (unpaired) electrons. The highest BCUT2D eigenvalue weighted by molar-refractivity contribution is 7.92. The SMILES string of the molecule is CC(C)C(C)S(=O)(=O)CCOCCCl. The lowest BCUT2D eigenvalue weighted by Crippen LogP contribution is -2.28. The second kappa shape index (κ2) is 6.64. The number of sulfone groups is 1. The zero-order chi connectivity index (χ0) is 11.2. The van der Waals surface area contributed by atoms with E-state index in [0.717, 1.165) is 0 Å². The van der Waals surface area contributed by atoms with E-state index in [9.17, 15) is 8.42 Å². The van der Waals surface area contributed by atoms with Crippen molar-refractivity contribution >= 4 is 21.4 Å². The summed E-state index contributed by atoms with van der Waals surface area (Å²) in [6.07, 6.45) is 0. The summed E-state index contributed by atoms with van der Waals surface area (Å²) in [6.45, 7) is 6.20. The maximum atomic E-state index is 11.6. The van der Waals surface area contributed by atoms with Gasteiger partial charge in [0.1, 0.15) is 0 Å². The highest BCUT2D eigenvalue weighted by atomic mass is 35.5. The number of hydrogen-bond acceptors (Lipinski definition) is 3. The van der Waals surface area contributed by atoms with Gasteiger partial charge in [-0.1, -0.05) is 13.8 Å². The number of halogens is 1. The van der Waals surface area contributed by atoms with Crippen molar-refractivity contribution < 1.29 is 13.2 Å². The van der Waals surface area contributed by atoms with E-state index in [4.69, 9.17) is 16.3 Å². The van der Waals surface area contributed by atoms with Crippen molar-refractivity contribution in [2.45, 2.75) is 26.0 Å². The molecule has 0 aromatic carbocycles. The maximum Gasteiger partial charge on any atom is 0.155 e. The molecule has 14 heavy (non-hydrogen) atoms. The van der Waals surface area contributed by atoms with Gasteiger partial charge in [0.15, 0.2) is 9.84 Å². The minimum Gasteiger partial charge on any atom is -0.379 e. The van der Waals surface area contributed by atoms with E-state index >= 15 is 0 Å². The van der Waals surface area contributed by atoms with Crippen LogP contribution >= 0.6 is 11.6 Å². The molecular weight excluding hydrogens is 224 g/mol. The van der Waals surface area contributed by atoms with Gasteiger partial charge in [-0.2, -0.15) is 0 Å². The molecule has 3 nitrogen and oxygen atoms in total. The molecule has 0 aliphatic rings. The van der Waals surface area contributed by atoms with Crippen LogP contribution < -0.4 is 0 Å². The summed E-state index contributed by atoms with van der Waals surface area (Å²) in [5.74, 6) is 0.635. The van der Waals surface area contributed by atoms with Gasteiger partial charge >= 0.3 is 0 Å². The summed E-state index contributed by atoms with van der Waals surface area (Å²) in [4.78, 5) is 0. The molecular formula is C9H19ClO3S. The number of rotatable bonds is 7. The summed E-state index contributed by atoms with van der Waals surface area (Å²) in [7, 11) is -3.01. The van der Waals surface area contributed by atoms with Crippen molar-refractivity contribution in [3.63, 3.8) is 0 Å². The predicted octanol–water partition coefficient (Wildman–Crippen LogP) is 1.70. The van der Waals surface area contributed by atoms with Crippen LogP contribution in [0, 0.1) is 5.92 Å². The Morgan fingerprint density at radius 1 is 1.21 bits per heavy atom. The van der Waals surface area contributed by atoms with Crippen LogP contribution in [0.1, 0.15) is 20.8 Å². The molecule has 0 aromatic rings. The van der Waals surface area contributed by atoms with Crippen molar-refractivity contribution in [1.29, 1.82) is 0 Å². The molecule has 0 bridgehead atoms. The Morgan fingerprint density at radius 3 is 2.21 bits per heavy atom.